The molecule has 1 aliphatic heterocycles. The molecule has 0 aromatic rings. The third kappa shape index (κ3) is 3.72. The lowest BCUT2D eigenvalue weighted by atomic mass is 9.53. The van der Waals surface area contributed by atoms with Gasteiger partial charge in [-0.3, -0.25) is 9.80 Å². The van der Waals surface area contributed by atoms with Crippen LogP contribution in [0.5, 0.6) is 0 Å². The molecule has 0 aromatic heterocycles. The first kappa shape index (κ1) is 22.7. The molecule has 1 heterocycles. The van der Waals surface area contributed by atoms with Gasteiger partial charge in [-0.25, -0.2) is 0 Å². The van der Waals surface area contributed by atoms with Gasteiger partial charge in [0.1, 0.15) is 0 Å². The molecule has 180 valence electrons. The van der Waals surface area contributed by atoms with Crippen molar-refractivity contribution in [3.05, 3.63) is 11.4 Å². The third-order valence-electron chi connectivity index (χ3n) is 10.4. The van der Waals surface area contributed by atoms with Gasteiger partial charge >= 0.3 is 0 Å². The Morgan fingerprint density at radius 3 is 2.75 bits per heavy atom. The molecule has 32 heavy (non-hydrogen) atoms. The Bertz CT molecular complexity index is 747. The van der Waals surface area contributed by atoms with Gasteiger partial charge in [0.05, 0.1) is 18.8 Å². The maximum Gasteiger partial charge on any atom is 0.157 e. The minimum atomic E-state index is 0.149. The van der Waals surface area contributed by atoms with E-state index in [0.29, 0.717) is 23.7 Å². The SMILES string of the molecule is CCCC1(C)C(C(=O)CN2NNC3=C2CC3)CCC1C1CCC2CCCC[C@]2(COC)C1. The van der Waals surface area contributed by atoms with Crippen molar-refractivity contribution in [2.75, 3.05) is 20.3 Å². The van der Waals surface area contributed by atoms with Crippen molar-refractivity contribution < 1.29 is 9.53 Å². The molecule has 6 atom stereocenters. The van der Waals surface area contributed by atoms with E-state index in [1.807, 2.05) is 7.11 Å². The van der Waals surface area contributed by atoms with Crippen LogP contribution in [-0.2, 0) is 9.53 Å². The zero-order chi connectivity index (χ0) is 22.3. The lowest BCUT2D eigenvalue weighted by molar-refractivity contribution is -0.129. The van der Waals surface area contributed by atoms with Crippen LogP contribution in [0.3, 0.4) is 0 Å². The lowest BCUT2D eigenvalue weighted by Gasteiger charge is -2.53. The second-order valence-electron chi connectivity index (χ2n) is 12.0. The van der Waals surface area contributed by atoms with Crippen molar-refractivity contribution in [2.45, 2.75) is 97.3 Å². The average molecular weight is 444 g/mol. The van der Waals surface area contributed by atoms with Gasteiger partial charge in [-0.15, -0.1) is 5.53 Å². The summed E-state index contributed by atoms with van der Waals surface area (Å²) in [5.74, 6) is 2.98. The molecule has 0 amide bonds. The molecular formula is C27H45N3O2. The Morgan fingerprint density at radius 1 is 1.16 bits per heavy atom. The van der Waals surface area contributed by atoms with Crippen molar-refractivity contribution in [1.29, 1.82) is 0 Å². The number of hydrogen-bond acceptors (Lipinski definition) is 5. The number of ketones is 1. The summed E-state index contributed by atoms with van der Waals surface area (Å²) in [6, 6.07) is 0. The average Bonchev–Trinajstić information content (AvgIpc) is 3.23. The number of nitrogens with one attached hydrogen (secondary N) is 2. The topological polar surface area (TPSA) is 53.6 Å². The number of methoxy groups -OCH3 is 1. The van der Waals surface area contributed by atoms with Crippen molar-refractivity contribution in [2.24, 2.45) is 34.5 Å². The summed E-state index contributed by atoms with van der Waals surface area (Å²) in [5.41, 5.74) is 9.62. The number of hydrogen-bond donors (Lipinski definition) is 2. The highest BCUT2D eigenvalue weighted by molar-refractivity contribution is 5.84. The van der Waals surface area contributed by atoms with E-state index in [-0.39, 0.29) is 11.3 Å². The number of allylic oxidation sites excluding steroid dienone is 2. The van der Waals surface area contributed by atoms with Crippen molar-refractivity contribution in [1.82, 2.24) is 16.0 Å². The van der Waals surface area contributed by atoms with E-state index in [1.54, 1.807) is 0 Å². The van der Waals surface area contributed by atoms with Crippen LogP contribution < -0.4 is 11.0 Å². The van der Waals surface area contributed by atoms with Crippen molar-refractivity contribution >= 4 is 5.78 Å². The number of carbonyl (C=O) groups is 1. The largest absolute Gasteiger partial charge is 0.384 e. The van der Waals surface area contributed by atoms with Crippen LogP contribution in [0.4, 0.5) is 0 Å². The molecule has 5 heteroatoms. The molecule has 5 nitrogen and oxygen atoms in total. The number of rotatable bonds is 8. The quantitative estimate of drug-likeness (QED) is 0.530. The molecule has 3 fully saturated rings. The molecule has 0 saturated heterocycles. The highest BCUT2D eigenvalue weighted by atomic mass is 16.5. The van der Waals surface area contributed by atoms with Crippen molar-refractivity contribution in [3.8, 4) is 0 Å². The van der Waals surface area contributed by atoms with Gasteiger partial charge in [-0.05, 0) is 92.8 Å². The monoisotopic (exact) mass is 443 g/mol. The van der Waals surface area contributed by atoms with E-state index in [1.165, 1.54) is 75.6 Å². The predicted molar refractivity (Wildman–Crippen MR) is 127 cm³/mol. The summed E-state index contributed by atoms with van der Waals surface area (Å²) in [7, 11) is 1.90. The van der Waals surface area contributed by atoms with Gasteiger partial charge in [0.2, 0.25) is 0 Å². The summed E-state index contributed by atoms with van der Waals surface area (Å²) in [6.07, 6.45) is 16.5. The standard InChI is InChI=1S/C27H45N3O2/c1-4-14-26(2)21(19-8-9-20-7-5-6-15-27(20,16-19)18-32-3)10-11-22(26)25(31)17-30-24-13-12-23(24)28-29-30/h19-22,28-29H,4-18H2,1-3H3/t19?,20?,21?,22?,26?,27-/m1/s1. The van der Waals surface area contributed by atoms with Gasteiger partial charge in [0.25, 0.3) is 0 Å². The van der Waals surface area contributed by atoms with Crippen LogP contribution in [0.15, 0.2) is 11.4 Å². The molecule has 5 rings (SSSR count). The number of ether oxygens (including phenoxy) is 1. The molecule has 0 spiro atoms. The summed E-state index contributed by atoms with van der Waals surface area (Å²) in [4.78, 5) is 13.6. The minimum Gasteiger partial charge on any atom is -0.384 e. The Hall–Kier alpha value is -1.07. The number of carbonyl (C=O) groups excluding carboxylic acids is 1. The summed E-state index contributed by atoms with van der Waals surface area (Å²) >= 11 is 0. The molecule has 5 unspecified atom stereocenters. The van der Waals surface area contributed by atoms with Crippen molar-refractivity contribution in [3.63, 3.8) is 0 Å². The fraction of sp³-hybridized carbons (Fsp3) is 0.889. The zero-order valence-electron chi connectivity index (χ0n) is 20.7. The highest BCUT2D eigenvalue weighted by Crippen LogP contribution is 2.61. The van der Waals surface area contributed by atoms with Crippen LogP contribution in [0.1, 0.15) is 97.3 Å². The van der Waals surface area contributed by atoms with E-state index in [2.05, 4.69) is 29.8 Å². The fourth-order valence-electron chi connectivity index (χ4n) is 8.88. The number of Topliss-reactive ketones (excluding diaryl/α,β-unsaturated/α-hetero) is 1. The minimum absolute atomic E-state index is 0.149. The fourth-order valence-corrected chi connectivity index (χ4v) is 8.88. The molecule has 0 bridgehead atoms. The maximum atomic E-state index is 13.6. The Labute approximate surface area is 195 Å². The first-order valence-electron chi connectivity index (χ1n) is 13.5. The summed E-state index contributed by atoms with van der Waals surface area (Å²) < 4.78 is 5.83. The number of fused-ring (bicyclic) bond motifs is 1. The van der Waals surface area contributed by atoms with Crippen LogP contribution in [0.25, 0.3) is 0 Å². The molecule has 0 radical (unpaired) electrons. The molecule has 2 N–H and O–H groups in total. The Morgan fingerprint density at radius 2 is 2.03 bits per heavy atom. The zero-order valence-corrected chi connectivity index (χ0v) is 20.7. The second-order valence-corrected chi connectivity index (χ2v) is 12.0. The second kappa shape index (κ2) is 8.94. The smallest absolute Gasteiger partial charge is 0.157 e. The van der Waals surface area contributed by atoms with Crippen LogP contribution in [-0.4, -0.2) is 31.1 Å². The van der Waals surface area contributed by atoms with Crippen LogP contribution >= 0.6 is 0 Å². The van der Waals surface area contributed by atoms with E-state index in [0.717, 1.165) is 37.7 Å². The Kier molecular flexibility index (Phi) is 6.35. The number of hydrazine groups is 2. The normalized spacial score (nSPS) is 41.2. The van der Waals surface area contributed by atoms with Crippen LogP contribution in [0, 0.1) is 34.5 Å². The molecule has 5 aliphatic rings. The van der Waals surface area contributed by atoms with Gasteiger partial charge in [-0.1, -0.05) is 33.1 Å². The maximum absolute atomic E-state index is 13.6. The van der Waals surface area contributed by atoms with Gasteiger partial charge in [-0.2, -0.15) is 0 Å². The summed E-state index contributed by atoms with van der Waals surface area (Å²) in [5, 5.41) is 2.08. The predicted octanol–water partition coefficient (Wildman–Crippen LogP) is 5.34. The molecule has 0 aromatic carbocycles. The molecule has 4 aliphatic carbocycles. The van der Waals surface area contributed by atoms with Gasteiger partial charge < -0.3 is 10.2 Å². The number of nitrogens with zero attached hydrogens (tertiary/aromatic N) is 1. The highest BCUT2D eigenvalue weighted by Gasteiger charge is 2.55. The van der Waals surface area contributed by atoms with Crippen LogP contribution in [0.2, 0.25) is 0 Å². The van der Waals surface area contributed by atoms with E-state index < -0.39 is 0 Å². The third-order valence-corrected chi connectivity index (χ3v) is 10.4. The molecular weight excluding hydrogens is 398 g/mol. The summed E-state index contributed by atoms with van der Waals surface area (Å²) in [6.45, 7) is 6.25. The first-order valence-corrected chi connectivity index (χ1v) is 13.5. The lowest BCUT2D eigenvalue weighted by Crippen LogP contribution is -2.47. The van der Waals surface area contributed by atoms with Gasteiger partial charge in [0, 0.05) is 18.7 Å². The molecule has 3 saturated carbocycles. The van der Waals surface area contributed by atoms with E-state index in [4.69, 9.17) is 4.74 Å². The first-order chi connectivity index (χ1) is 15.5. The van der Waals surface area contributed by atoms with E-state index in [9.17, 15) is 4.79 Å². The Balaban J connectivity index is 1.32. The van der Waals surface area contributed by atoms with E-state index >= 15 is 0 Å². The van der Waals surface area contributed by atoms with Gasteiger partial charge in [0.15, 0.2) is 5.78 Å².